The van der Waals surface area contributed by atoms with Crippen molar-refractivity contribution < 1.29 is 24.0 Å². The molecular weight excluding hydrogens is 354 g/mol. The molecule has 2 saturated carbocycles. The van der Waals surface area contributed by atoms with Crippen molar-refractivity contribution in [3.63, 3.8) is 0 Å². The number of hydrogen-bond donors (Lipinski definition) is 1. The molecule has 5 rings (SSSR count). The molecule has 5 heteroatoms. The molecule has 0 unspecified atom stereocenters. The van der Waals surface area contributed by atoms with E-state index in [4.69, 9.17) is 13.9 Å². The summed E-state index contributed by atoms with van der Waals surface area (Å²) >= 11 is 0. The van der Waals surface area contributed by atoms with Crippen LogP contribution in [0.25, 0.3) is 0 Å². The second-order valence-electron chi connectivity index (χ2n) is 10.2. The summed E-state index contributed by atoms with van der Waals surface area (Å²) in [5.41, 5.74) is 0.416. The van der Waals surface area contributed by atoms with E-state index >= 15 is 0 Å². The number of rotatable bonds is 6. The molecule has 1 aromatic rings. The van der Waals surface area contributed by atoms with E-state index in [9.17, 15) is 4.79 Å². The minimum atomic E-state index is 0.0393. The molecule has 5 nitrogen and oxygen atoms in total. The Morgan fingerprint density at radius 3 is 2.96 bits per heavy atom. The van der Waals surface area contributed by atoms with Gasteiger partial charge in [-0.05, 0) is 62.5 Å². The van der Waals surface area contributed by atoms with Crippen molar-refractivity contribution in [2.45, 2.75) is 76.5 Å². The number of nitrogens with two attached hydrogens (primary N) is 1. The molecule has 2 aliphatic carbocycles. The van der Waals surface area contributed by atoms with Crippen molar-refractivity contribution >= 4 is 5.97 Å². The highest BCUT2D eigenvalue weighted by atomic mass is 16.6. The molecule has 0 amide bonds. The lowest BCUT2D eigenvalue weighted by molar-refractivity contribution is -0.690. The first kappa shape index (κ1) is 18.7. The molecule has 0 radical (unpaired) electrons. The number of carbonyl (C=O) groups is 1. The van der Waals surface area contributed by atoms with E-state index in [0.717, 1.165) is 44.6 Å². The number of aryl methyl sites for hydroxylation is 1. The van der Waals surface area contributed by atoms with E-state index in [2.05, 4.69) is 19.2 Å². The molecule has 4 aliphatic rings. The lowest BCUT2D eigenvalue weighted by atomic mass is 9.53. The molecular formula is C23H34NO4+. The topological polar surface area (TPSA) is 68.6 Å². The summed E-state index contributed by atoms with van der Waals surface area (Å²) < 4.78 is 17.4. The van der Waals surface area contributed by atoms with Crippen LogP contribution in [0.1, 0.15) is 58.1 Å². The van der Waals surface area contributed by atoms with Gasteiger partial charge < -0.3 is 19.2 Å². The van der Waals surface area contributed by atoms with Gasteiger partial charge in [-0.15, -0.1) is 0 Å². The molecule has 3 heterocycles. The first-order valence-corrected chi connectivity index (χ1v) is 11.2. The lowest BCUT2D eigenvalue weighted by Crippen LogP contribution is -2.91. The van der Waals surface area contributed by atoms with Crippen molar-refractivity contribution in [3.05, 3.63) is 24.2 Å². The molecule has 2 aliphatic heterocycles. The number of hydrogen-bond acceptors (Lipinski definition) is 4. The van der Waals surface area contributed by atoms with E-state index in [0.29, 0.717) is 17.9 Å². The quantitative estimate of drug-likeness (QED) is 0.601. The highest BCUT2D eigenvalue weighted by Gasteiger charge is 2.65. The Morgan fingerprint density at radius 1 is 1.36 bits per heavy atom. The van der Waals surface area contributed by atoms with Gasteiger partial charge >= 0.3 is 5.97 Å². The van der Waals surface area contributed by atoms with Gasteiger partial charge in [-0.2, -0.15) is 0 Å². The van der Waals surface area contributed by atoms with Crippen LogP contribution in [0.4, 0.5) is 0 Å². The van der Waals surface area contributed by atoms with Crippen molar-refractivity contribution in [1.82, 2.24) is 0 Å². The molecule has 154 valence electrons. The van der Waals surface area contributed by atoms with E-state index < -0.39 is 0 Å². The van der Waals surface area contributed by atoms with E-state index in [1.54, 1.807) is 6.26 Å². The predicted octanol–water partition coefficient (Wildman–Crippen LogP) is 2.69. The zero-order valence-corrected chi connectivity index (χ0v) is 17.2. The van der Waals surface area contributed by atoms with Crippen LogP contribution in [-0.4, -0.2) is 36.9 Å². The fraction of sp³-hybridized carbons (Fsp3) is 0.783. The molecule has 1 spiro atoms. The molecule has 2 saturated heterocycles. The predicted molar refractivity (Wildman–Crippen MR) is 104 cm³/mol. The number of fused-ring (bicyclic) bond motifs is 3. The van der Waals surface area contributed by atoms with Crippen molar-refractivity contribution in [3.8, 4) is 0 Å². The van der Waals surface area contributed by atoms with Gasteiger partial charge in [-0.25, -0.2) is 0 Å². The highest BCUT2D eigenvalue weighted by molar-refractivity contribution is 5.75. The Bertz CT molecular complexity index is 712. The second-order valence-corrected chi connectivity index (χ2v) is 10.2. The van der Waals surface area contributed by atoms with Gasteiger partial charge in [0.05, 0.1) is 31.1 Å². The Hall–Kier alpha value is -1.33. The number of quaternary nitrogens is 1. The molecule has 0 aromatic carbocycles. The molecule has 2 N–H and O–H groups in total. The Morgan fingerprint density at radius 2 is 2.21 bits per heavy atom. The molecule has 7 atom stereocenters. The van der Waals surface area contributed by atoms with Crippen LogP contribution in [0.15, 0.2) is 22.8 Å². The SMILES string of the molecule is C[C@H](CCc1ccco1)[NH2+]C[C@H]1C(=O)O[C@@H]2C[C@@]3(C)CCC[C@@]4(CO4)[C@@H]3C[C@@H]21. The average molecular weight is 389 g/mol. The van der Waals surface area contributed by atoms with Crippen LogP contribution in [0.3, 0.4) is 0 Å². The van der Waals surface area contributed by atoms with Gasteiger partial charge in [-0.1, -0.05) is 6.92 Å². The lowest BCUT2D eigenvalue weighted by Gasteiger charge is -2.51. The summed E-state index contributed by atoms with van der Waals surface area (Å²) in [6, 6.07) is 4.44. The number of esters is 1. The van der Waals surface area contributed by atoms with Gasteiger partial charge in [0, 0.05) is 18.8 Å². The monoisotopic (exact) mass is 388 g/mol. The third-order valence-corrected chi connectivity index (χ3v) is 8.30. The minimum Gasteiger partial charge on any atom is -0.469 e. The second kappa shape index (κ2) is 6.88. The average Bonchev–Trinajstić information content (AvgIpc) is 3.11. The first-order chi connectivity index (χ1) is 13.5. The summed E-state index contributed by atoms with van der Waals surface area (Å²) in [6.45, 7) is 6.43. The summed E-state index contributed by atoms with van der Waals surface area (Å²) in [5.74, 6) is 2.09. The van der Waals surface area contributed by atoms with Crippen LogP contribution in [-0.2, 0) is 20.7 Å². The van der Waals surface area contributed by atoms with Gasteiger partial charge in [0.15, 0.2) is 0 Å². The van der Waals surface area contributed by atoms with E-state index in [-0.39, 0.29) is 29.0 Å². The van der Waals surface area contributed by atoms with Crippen molar-refractivity contribution in [2.75, 3.05) is 13.2 Å². The highest BCUT2D eigenvalue weighted by Crippen LogP contribution is 2.62. The third-order valence-electron chi connectivity index (χ3n) is 8.30. The number of epoxide rings is 1. The summed E-state index contributed by atoms with van der Waals surface area (Å²) in [6.07, 6.45) is 9.71. The Labute approximate surface area is 167 Å². The smallest absolute Gasteiger partial charge is 0.315 e. The minimum absolute atomic E-state index is 0.0393. The van der Waals surface area contributed by atoms with Gasteiger partial charge in [0.25, 0.3) is 0 Å². The van der Waals surface area contributed by atoms with E-state index in [1.165, 1.54) is 19.3 Å². The van der Waals surface area contributed by atoms with E-state index in [1.807, 2.05) is 12.1 Å². The van der Waals surface area contributed by atoms with Crippen LogP contribution in [0.5, 0.6) is 0 Å². The van der Waals surface area contributed by atoms with Crippen LogP contribution in [0.2, 0.25) is 0 Å². The zero-order chi connectivity index (χ0) is 19.4. The largest absolute Gasteiger partial charge is 0.469 e. The Kier molecular flexibility index (Phi) is 4.59. The fourth-order valence-corrected chi connectivity index (χ4v) is 6.55. The number of ether oxygens (including phenoxy) is 2. The van der Waals surface area contributed by atoms with Crippen molar-refractivity contribution in [2.24, 2.45) is 23.2 Å². The first-order valence-electron chi connectivity index (χ1n) is 11.2. The van der Waals surface area contributed by atoms with Crippen LogP contribution in [0, 0.1) is 23.2 Å². The Balaban J connectivity index is 1.21. The van der Waals surface area contributed by atoms with Gasteiger partial charge in [0.2, 0.25) is 0 Å². The molecule has 0 bridgehead atoms. The maximum atomic E-state index is 12.7. The number of carbonyl (C=O) groups excluding carboxylic acids is 1. The summed E-state index contributed by atoms with van der Waals surface area (Å²) in [4.78, 5) is 12.7. The van der Waals surface area contributed by atoms with Gasteiger partial charge in [-0.3, -0.25) is 4.79 Å². The van der Waals surface area contributed by atoms with Crippen molar-refractivity contribution in [1.29, 1.82) is 0 Å². The van der Waals surface area contributed by atoms with Gasteiger partial charge in [0.1, 0.15) is 17.8 Å². The third kappa shape index (κ3) is 3.21. The molecule has 1 aromatic heterocycles. The zero-order valence-electron chi connectivity index (χ0n) is 17.2. The fourth-order valence-electron chi connectivity index (χ4n) is 6.55. The maximum Gasteiger partial charge on any atom is 0.315 e. The molecule has 28 heavy (non-hydrogen) atoms. The standard InChI is InChI=1S/C23H33NO4/c1-15(6-7-16-5-3-10-26-16)24-13-18-17-11-20-22(2,12-19(17)28-21(18)25)8-4-9-23(20)14-27-23/h3,5,10,15,17-20,24H,4,6-9,11-14H2,1-2H3/p+1/t15-,17-,18-,19-,20-,22-,23-/m1/s1. The summed E-state index contributed by atoms with van der Waals surface area (Å²) in [7, 11) is 0. The van der Waals surface area contributed by atoms with Crippen LogP contribution < -0.4 is 5.32 Å². The maximum absolute atomic E-state index is 12.7. The number of furan rings is 1. The van der Waals surface area contributed by atoms with Crippen LogP contribution >= 0.6 is 0 Å². The normalized spacial score (nSPS) is 42.7. The summed E-state index contributed by atoms with van der Waals surface area (Å²) in [5, 5.41) is 2.34. The molecule has 4 fully saturated rings.